The summed E-state index contributed by atoms with van der Waals surface area (Å²) >= 11 is 0. The molecule has 1 aromatic carbocycles. The molecule has 0 saturated heterocycles. The number of aromatic amines is 1. The highest BCUT2D eigenvalue weighted by Crippen LogP contribution is 2.48. The first-order chi connectivity index (χ1) is 19.2. The van der Waals surface area contributed by atoms with E-state index in [-0.39, 0.29) is 24.1 Å². The molecule has 1 aliphatic heterocycles. The summed E-state index contributed by atoms with van der Waals surface area (Å²) in [5.74, 6) is 1.11. The third-order valence-corrected chi connectivity index (χ3v) is 8.44. The van der Waals surface area contributed by atoms with Gasteiger partial charge in [-0.2, -0.15) is 0 Å². The van der Waals surface area contributed by atoms with Gasteiger partial charge < -0.3 is 24.3 Å². The lowest BCUT2D eigenvalue weighted by molar-refractivity contribution is 0.0722. The van der Waals surface area contributed by atoms with Crippen LogP contribution in [0.15, 0.2) is 29.6 Å². The number of carbonyl (C=O) groups is 1. The summed E-state index contributed by atoms with van der Waals surface area (Å²) in [6.07, 6.45) is 9.61. The number of amides is 1. The van der Waals surface area contributed by atoms with Crippen LogP contribution in [0, 0.1) is 20.8 Å². The van der Waals surface area contributed by atoms with Crippen molar-refractivity contribution in [3.63, 3.8) is 0 Å². The van der Waals surface area contributed by atoms with E-state index < -0.39 is 0 Å². The summed E-state index contributed by atoms with van der Waals surface area (Å²) in [6.45, 7) is 6.45. The van der Waals surface area contributed by atoms with Gasteiger partial charge in [-0.15, -0.1) is 0 Å². The van der Waals surface area contributed by atoms with Crippen molar-refractivity contribution in [2.24, 2.45) is 0 Å². The van der Waals surface area contributed by atoms with E-state index >= 15 is 0 Å². The maximum absolute atomic E-state index is 14.2. The fraction of sp³-hybridized carbons (Fsp3) is 0.484. The molecule has 0 bridgehead atoms. The van der Waals surface area contributed by atoms with Crippen LogP contribution in [0.3, 0.4) is 0 Å². The number of rotatable bonds is 7. The molecule has 5 rings (SSSR count). The second-order valence-corrected chi connectivity index (χ2v) is 11.3. The minimum absolute atomic E-state index is 0.0327. The van der Waals surface area contributed by atoms with Crippen LogP contribution in [-0.2, 0) is 13.0 Å². The van der Waals surface area contributed by atoms with Gasteiger partial charge in [0, 0.05) is 52.9 Å². The molecule has 212 valence electrons. The number of methoxy groups -OCH3 is 1. The summed E-state index contributed by atoms with van der Waals surface area (Å²) in [5.41, 5.74) is 6.02. The predicted molar refractivity (Wildman–Crippen MR) is 154 cm³/mol. The van der Waals surface area contributed by atoms with Crippen LogP contribution in [0.4, 0.5) is 0 Å². The second-order valence-electron chi connectivity index (χ2n) is 11.3. The van der Waals surface area contributed by atoms with Crippen molar-refractivity contribution >= 4 is 5.91 Å². The van der Waals surface area contributed by atoms with Gasteiger partial charge in [-0.1, -0.05) is 0 Å². The zero-order valence-corrected chi connectivity index (χ0v) is 24.3. The largest absolute Gasteiger partial charge is 0.492 e. The van der Waals surface area contributed by atoms with Crippen molar-refractivity contribution in [3.8, 4) is 22.6 Å². The Balaban J connectivity index is 1.58. The van der Waals surface area contributed by atoms with Crippen molar-refractivity contribution in [3.05, 3.63) is 68.7 Å². The number of ether oxygens (including phenoxy) is 2. The number of aromatic nitrogens is 3. The molecule has 0 radical (unpaired) electrons. The van der Waals surface area contributed by atoms with Crippen molar-refractivity contribution < 1.29 is 14.3 Å². The lowest BCUT2D eigenvalue weighted by atomic mass is 9.86. The molecule has 1 saturated carbocycles. The van der Waals surface area contributed by atoms with E-state index in [1.807, 2.05) is 26.8 Å². The SMILES string of the molecule is COc1c(O[C@H]2CC[C@H](N(C)C)CC2)c(C)c2c(c1-c1cncnc1)CCN(Cc1c(C)cc(C)[nH]c1=O)C2=O. The van der Waals surface area contributed by atoms with E-state index in [0.29, 0.717) is 41.6 Å². The van der Waals surface area contributed by atoms with Crippen LogP contribution in [0.5, 0.6) is 11.5 Å². The van der Waals surface area contributed by atoms with Gasteiger partial charge in [0.15, 0.2) is 11.5 Å². The second kappa shape index (κ2) is 11.4. The summed E-state index contributed by atoms with van der Waals surface area (Å²) in [5, 5.41) is 0. The molecule has 3 heterocycles. The van der Waals surface area contributed by atoms with Crippen LogP contribution in [0.25, 0.3) is 11.1 Å². The van der Waals surface area contributed by atoms with Crippen LogP contribution in [0.1, 0.15) is 64.0 Å². The van der Waals surface area contributed by atoms with Gasteiger partial charge in [-0.05, 0) is 84.2 Å². The molecule has 40 heavy (non-hydrogen) atoms. The Morgan fingerprint density at radius 2 is 1.73 bits per heavy atom. The Bertz CT molecular complexity index is 1460. The fourth-order valence-corrected chi connectivity index (χ4v) is 6.27. The van der Waals surface area contributed by atoms with E-state index in [4.69, 9.17) is 9.47 Å². The van der Waals surface area contributed by atoms with Crippen LogP contribution in [-0.4, -0.2) is 70.6 Å². The van der Waals surface area contributed by atoms with Crippen molar-refractivity contribution in [2.45, 2.75) is 71.6 Å². The number of hydrogen-bond donors (Lipinski definition) is 1. The molecule has 1 fully saturated rings. The van der Waals surface area contributed by atoms with Crippen molar-refractivity contribution in [1.29, 1.82) is 0 Å². The summed E-state index contributed by atoms with van der Waals surface area (Å²) in [6, 6.07) is 2.49. The molecule has 9 nitrogen and oxygen atoms in total. The normalized spacial score (nSPS) is 19.1. The van der Waals surface area contributed by atoms with Gasteiger partial charge in [0.2, 0.25) is 0 Å². The van der Waals surface area contributed by atoms with Gasteiger partial charge in [-0.3, -0.25) is 9.59 Å². The molecule has 0 spiro atoms. The lowest BCUT2D eigenvalue weighted by Gasteiger charge is -2.35. The standard InChI is InChI=1S/C31H39N5O4/c1-18-13-19(2)34-30(37)25(18)16-36-12-11-24-26(31(36)38)20(3)28(40-23-9-7-22(8-10-23)35(4)5)29(39-6)27(24)21-14-32-17-33-15-21/h13-15,17,22-23H,7-12,16H2,1-6H3,(H,34,37)/t22-,23-. The van der Waals surface area contributed by atoms with Gasteiger partial charge in [0.25, 0.3) is 11.5 Å². The third kappa shape index (κ3) is 5.22. The number of fused-ring (bicyclic) bond motifs is 1. The number of nitrogens with one attached hydrogen (secondary N) is 1. The molecule has 1 amide bonds. The number of carbonyl (C=O) groups excluding carboxylic acids is 1. The van der Waals surface area contributed by atoms with E-state index in [1.165, 1.54) is 6.33 Å². The number of hydrogen-bond acceptors (Lipinski definition) is 7. The topological polar surface area (TPSA) is 101 Å². The molecular formula is C31H39N5O4. The molecule has 0 atom stereocenters. The smallest absolute Gasteiger partial charge is 0.254 e. The van der Waals surface area contributed by atoms with Crippen molar-refractivity contribution in [2.75, 3.05) is 27.7 Å². The molecule has 2 aromatic heterocycles. The number of pyridine rings is 1. The highest BCUT2D eigenvalue weighted by molar-refractivity contribution is 6.02. The maximum atomic E-state index is 14.2. The van der Waals surface area contributed by atoms with Crippen LogP contribution < -0.4 is 15.0 Å². The summed E-state index contributed by atoms with van der Waals surface area (Å²) in [4.78, 5) is 42.4. The highest BCUT2D eigenvalue weighted by atomic mass is 16.5. The predicted octanol–water partition coefficient (Wildman–Crippen LogP) is 4.22. The summed E-state index contributed by atoms with van der Waals surface area (Å²) in [7, 11) is 5.90. The molecule has 0 unspecified atom stereocenters. The minimum atomic E-state index is -0.151. The Morgan fingerprint density at radius 1 is 1.02 bits per heavy atom. The molecule has 9 heteroatoms. The first kappa shape index (κ1) is 27.8. The molecule has 2 aliphatic rings. The zero-order chi connectivity index (χ0) is 28.6. The van der Waals surface area contributed by atoms with Gasteiger partial charge in [0.05, 0.1) is 25.3 Å². The van der Waals surface area contributed by atoms with Gasteiger partial charge >= 0.3 is 0 Å². The Morgan fingerprint density at radius 3 is 2.35 bits per heavy atom. The van der Waals surface area contributed by atoms with Gasteiger partial charge in [0.1, 0.15) is 6.33 Å². The Labute approximate surface area is 235 Å². The van der Waals surface area contributed by atoms with E-state index in [9.17, 15) is 9.59 Å². The third-order valence-electron chi connectivity index (χ3n) is 8.44. The number of H-pyrrole nitrogens is 1. The fourth-order valence-electron chi connectivity index (χ4n) is 6.27. The number of nitrogens with zero attached hydrogens (tertiary/aromatic N) is 4. The minimum Gasteiger partial charge on any atom is -0.492 e. The number of aryl methyl sites for hydroxylation is 2. The molecule has 1 N–H and O–H groups in total. The average Bonchev–Trinajstić information content (AvgIpc) is 2.93. The maximum Gasteiger partial charge on any atom is 0.254 e. The Hall–Kier alpha value is -3.72. The number of benzene rings is 1. The van der Waals surface area contributed by atoms with Gasteiger partial charge in [-0.25, -0.2) is 9.97 Å². The monoisotopic (exact) mass is 545 g/mol. The van der Waals surface area contributed by atoms with E-state index in [2.05, 4.69) is 33.9 Å². The first-order valence-corrected chi connectivity index (χ1v) is 14.0. The van der Waals surface area contributed by atoms with E-state index in [0.717, 1.165) is 59.2 Å². The lowest BCUT2D eigenvalue weighted by Crippen LogP contribution is -2.40. The van der Waals surface area contributed by atoms with Crippen LogP contribution >= 0.6 is 0 Å². The van der Waals surface area contributed by atoms with E-state index in [1.54, 1.807) is 24.4 Å². The first-order valence-electron chi connectivity index (χ1n) is 14.0. The average molecular weight is 546 g/mol. The molecular weight excluding hydrogens is 506 g/mol. The quantitative estimate of drug-likeness (QED) is 0.475. The summed E-state index contributed by atoms with van der Waals surface area (Å²) < 4.78 is 12.7. The highest BCUT2D eigenvalue weighted by Gasteiger charge is 2.35. The van der Waals surface area contributed by atoms with Crippen molar-refractivity contribution in [1.82, 2.24) is 24.8 Å². The molecule has 1 aliphatic carbocycles. The Kier molecular flexibility index (Phi) is 7.94. The zero-order valence-electron chi connectivity index (χ0n) is 24.3. The van der Waals surface area contributed by atoms with Crippen LogP contribution in [0.2, 0.25) is 0 Å². The molecule has 3 aromatic rings.